The van der Waals surface area contributed by atoms with Crippen LogP contribution in [0.5, 0.6) is 0 Å². The van der Waals surface area contributed by atoms with E-state index in [-0.39, 0.29) is 12.2 Å². The summed E-state index contributed by atoms with van der Waals surface area (Å²) in [5.74, 6) is 0. The smallest absolute Gasteiger partial charge is 0.0702 e. The summed E-state index contributed by atoms with van der Waals surface area (Å²) in [5.41, 5.74) is 1.97. The molecule has 0 aliphatic carbocycles. The Bertz CT molecular complexity index is 523. The first-order valence-corrected chi connectivity index (χ1v) is 6.33. The van der Waals surface area contributed by atoms with Crippen LogP contribution in [0.15, 0.2) is 30.5 Å². The summed E-state index contributed by atoms with van der Waals surface area (Å²) in [6.07, 6.45) is 2.05. The van der Waals surface area contributed by atoms with Gasteiger partial charge < -0.3 is 14.4 Å². The molecule has 1 aromatic carbocycles. The summed E-state index contributed by atoms with van der Waals surface area (Å²) >= 11 is 0. The van der Waals surface area contributed by atoms with Crippen molar-refractivity contribution in [3.8, 4) is 0 Å². The van der Waals surface area contributed by atoms with E-state index in [1.165, 1.54) is 0 Å². The minimum atomic E-state index is -0.108. The average Bonchev–Trinajstić information content (AvgIpc) is 2.71. The number of aromatic nitrogens is 1. The van der Waals surface area contributed by atoms with Gasteiger partial charge in [-0.3, -0.25) is 0 Å². The van der Waals surface area contributed by atoms with E-state index in [0.717, 1.165) is 23.0 Å². The van der Waals surface area contributed by atoms with Gasteiger partial charge in [0.15, 0.2) is 0 Å². The van der Waals surface area contributed by atoms with Crippen LogP contribution in [0.25, 0.3) is 10.9 Å². The van der Waals surface area contributed by atoms with Gasteiger partial charge in [0.1, 0.15) is 0 Å². The molecule has 1 aromatic heterocycles. The van der Waals surface area contributed by atoms with Gasteiger partial charge in [-0.2, -0.15) is 0 Å². The van der Waals surface area contributed by atoms with E-state index in [9.17, 15) is 5.11 Å². The Labute approximate surface area is 108 Å². The van der Waals surface area contributed by atoms with Crippen LogP contribution in [-0.2, 0) is 17.9 Å². The molecule has 2 aromatic rings. The van der Waals surface area contributed by atoms with E-state index in [0.29, 0.717) is 6.61 Å². The number of hydrogen-bond donors (Lipinski definition) is 1. The lowest BCUT2D eigenvalue weighted by Gasteiger charge is -2.20. The van der Waals surface area contributed by atoms with Crippen molar-refractivity contribution in [2.24, 2.45) is 0 Å². The lowest BCUT2D eigenvalue weighted by atomic mass is 10.1. The second kappa shape index (κ2) is 5.12. The van der Waals surface area contributed by atoms with Crippen molar-refractivity contribution in [2.45, 2.75) is 39.5 Å². The zero-order valence-electron chi connectivity index (χ0n) is 11.3. The highest BCUT2D eigenvalue weighted by atomic mass is 16.5. The summed E-state index contributed by atoms with van der Waals surface area (Å²) in [6, 6.07) is 8.08. The summed E-state index contributed by atoms with van der Waals surface area (Å²) in [6.45, 7) is 7.71. The van der Waals surface area contributed by atoms with Crippen molar-refractivity contribution in [3.63, 3.8) is 0 Å². The molecule has 3 nitrogen and oxygen atoms in total. The molecule has 1 N–H and O–H groups in total. The molecule has 0 atom stereocenters. The van der Waals surface area contributed by atoms with Gasteiger partial charge >= 0.3 is 0 Å². The first-order valence-electron chi connectivity index (χ1n) is 6.33. The molecule has 0 aliphatic rings. The summed E-state index contributed by atoms with van der Waals surface area (Å²) in [4.78, 5) is 0. The van der Waals surface area contributed by atoms with Crippen LogP contribution in [0.1, 0.15) is 26.3 Å². The molecular formula is C15H21NO2. The third-order valence-corrected chi connectivity index (χ3v) is 2.91. The Morgan fingerprint density at radius 1 is 1.22 bits per heavy atom. The quantitative estimate of drug-likeness (QED) is 0.901. The maximum atomic E-state index is 9.39. The van der Waals surface area contributed by atoms with E-state index < -0.39 is 0 Å². The molecule has 0 saturated carbocycles. The number of aliphatic hydroxyl groups is 1. The van der Waals surface area contributed by atoms with E-state index in [1.807, 2.05) is 12.1 Å². The number of para-hydroxylation sites is 1. The van der Waals surface area contributed by atoms with Gasteiger partial charge in [0.25, 0.3) is 0 Å². The maximum absolute atomic E-state index is 9.39. The molecule has 0 bridgehead atoms. The Kier molecular flexibility index (Phi) is 3.73. The molecular weight excluding hydrogens is 226 g/mol. The number of ether oxygens (including phenoxy) is 1. The molecule has 0 fully saturated rings. The third kappa shape index (κ3) is 2.92. The van der Waals surface area contributed by atoms with Gasteiger partial charge in [0.2, 0.25) is 0 Å². The summed E-state index contributed by atoms with van der Waals surface area (Å²) in [5, 5.41) is 10.6. The van der Waals surface area contributed by atoms with Crippen LogP contribution >= 0.6 is 0 Å². The van der Waals surface area contributed by atoms with Crippen molar-refractivity contribution < 1.29 is 9.84 Å². The van der Waals surface area contributed by atoms with Crippen molar-refractivity contribution in [1.29, 1.82) is 0 Å². The fraction of sp³-hybridized carbons (Fsp3) is 0.467. The van der Waals surface area contributed by atoms with Crippen molar-refractivity contribution >= 4 is 10.9 Å². The van der Waals surface area contributed by atoms with Gasteiger partial charge in [-0.05, 0) is 32.2 Å². The van der Waals surface area contributed by atoms with Crippen LogP contribution in [0.3, 0.4) is 0 Å². The molecule has 3 heteroatoms. The third-order valence-electron chi connectivity index (χ3n) is 2.91. The lowest BCUT2D eigenvalue weighted by molar-refractivity contribution is -0.00646. The van der Waals surface area contributed by atoms with Crippen LogP contribution in [0.4, 0.5) is 0 Å². The van der Waals surface area contributed by atoms with Gasteiger partial charge in [-0.1, -0.05) is 18.2 Å². The monoisotopic (exact) mass is 247 g/mol. The Morgan fingerprint density at radius 2 is 2.00 bits per heavy atom. The maximum Gasteiger partial charge on any atom is 0.0702 e. The standard InChI is InChI=1S/C15H21NO2/c1-15(2,3)18-10-9-16-8-7-12-5-4-6-13(11-17)14(12)16/h4-8,17H,9-11H2,1-3H3. The minimum absolute atomic E-state index is 0.0709. The van der Waals surface area contributed by atoms with Gasteiger partial charge in [-0.15, -0.1) is 0 Å². The summed E-state index contributed by atoms with van der Waals surface area (Å²) in [7, 11) is 0. The second-order valence-corrected chi connectivity index (χ2v) is 5.48. The first-order chi connectivity index (χ1) is 8.51. The first kappa shape index (κ1) is 13.1. The molecule has 98 valence electrons. The molecule has 2 rings (SSSR count). The zero-order chi connectivity index (χ0) is 13.2. The van der Waals surface area contributed by atoms with Crippen molar-refractivity contribution in [2.75, 3.05) is 6.61 Å². The lowest BCUT2D eigenvalue weighted by Crippen LogP contribution is -2.21. The number of aliphatic hydroxyl groups excluding tert-OH is 1. The molecule has 0 saturated heterocycles. The largest absolute Gasteiger partial charge is 0.392 e. The highest BCUT2D eigenvalue weighted by Gasteiger charge is 2.10. The average molecular weight is 247 g/mol. The van der Waals surface area contributed by atoms with Crippen LogP contribution in [-0.4, -0.2) is 21.9 Å². The number of rotatable bonds is 4. The van der Waals surface area contributed by atoms with E-state index >= 15 is 0 Å². The minimum Gasteiger partial charge on any atom is -0.392 e. The molecule has 0 unspecified atom stereocenters. The van der Waals surface area contributed by atoms with Crippen molar-refractivity contribution in [3.05, 3.63) is 36.0 Å². The Hall–Kier alpha value is -1.32. The van der Waals surface area contributed by atoms with E-state index in [4.69, 9.17) is 4.74 Å². The highest BCUT2D eigenvalue weighted by molar-refractivity contribution is 5.83. The SMILES string of the molecule is CC(C)(C)OCCn1ccc2cccc(CO)c21. The van der Waals surface area contributed by atoms with Gasteiger partial charge in [-0.25, -0.2) is 0 Å². The zero-order valence-corrected chi connectivity index (χ0v) is 11.3. The predicted octanol–water partition coefficient (Wildman–Crippen LogP) is 2.95. The van der Waals surface area contributed by atoms with Crippen LogP contribution in [0.2, 0.25) is 0 Å². The Morgan fingerprint density at radius 3 is 2.67 bits per heavy atom. The van der Waals surface area contributed by atoms with Gasteiger partial charge in [0, 0.05) is 18.3 Å². The second-order valence-electron chi connectivity index (χ2n) is 5.48. The Balaban J connectivity index is 2.18. The van der Waals surface area contributed by atoms with E-state index in [2.05, 4.69) is 43.7 Å². The fourth-order valence-corrected chi connectivity index (χ4v) is 2.10. The van der Waals surface area contributed by atoms with Gasteiger partial charge in [0.05, 0.1) is 24.3 Å². The van der Waals surface area contributed by atoms with Crippen LogP contribution < -0.4 is 0 Å². The number of hydrogen-bond acceptors (Lipinski definition) is 2. The number of nitrogens with zero attached hydrogens (tertiary/aromatic N) is 1. The van der Waals surface area contributed by atoms with E-state index in [1.54, 1.807) is 0 Å². The molecule has 1 heterocycles. The number of fused-ring (bicyclic) bond motifs is 1. The highest BCUT2D eigenvalue weighted by Crippen LogP contribution is 2.20. The fourth-order valence-electron chi connectivity index (χ4n) is 2.10. The molecule has 0 aliphatic heterocycles. The normalized spacial score (nSPS) is 12.2. The summed E-state index contributed by atoms with van der Waals surface area (Å²) < 4.78 is 7.89. The van der Waals surface area contributed by atoms with Crippen molar-refractivity contribution in [1.82, 2.24) is 4.57 Å². The molecule has 0 amide bonds. The number of benzene rings is 1. The molecule has 18 heavy (non-hydrogen) atoms. The topological polar surface area (TPSA) is 34.4 Å². The molecule has 0 spiro atoms. The predicted molar refractivity (Wildman–Crippen MR) is 73.6 cm³/mol. The van der Waals surface area contributed by atoms with Crippen LogP contribution in [0, 0.1) is 0 Å². The molecule has 0 radical (unpaired) electrons.